The standard InChI is InChI=1S/C19H21N3O5/c1-19(14-10-6-3-7-11-14)17(25)22(18(26)20-19)21-15(23)12-27-16(24)13-8-4-2-5-9-13/h2-4,6-7,10-11,13H,5,8-9,12H2,1H3,(H,20,26)(H,21,23)/t13-,19+/m1/s1. The number of hydrazine groups is 1. The van der Waals surface area contributed by atoms with Gasteiger partial charge in [-0.05, 0) is 31.7 Å². The van der Waals surface area contributed by atoms with Crippen LogP contribution in [0.3, 0.4) is 0 Å². The smallest absolute Gasteiger partial charge is 0.344 e. The van der Waals surface area contributed by atoms with Crippen molar-refractivity contribution >= 4 is 23.8 Å². The van der Waals surface area contributed by atoms with E-state index < -0.39 is 36.0 Å². The number of carbonyl (C=O) groups is 4. The average Bonchev–Trinajstić information content (AvgIpc) is 2.91. The van der Waals surface area contributed by atoms with Crippen LogP contribution in [0.25, 0.3) is 0 Å². The Morgan fingerprint density at radius 3 is 2.67 bits per heavy atom. The van der Waals surface area contributed by atoms with E-state index >= 15 is 0 Å². The van der Waals surface area contributed by atoms with Gasteiger partial charge in [-0.25, -0.2) is 4.79 Å². The molecule has 0 aromatic heterocycles. The van der Waals surface area contributed by atoms with Gasteiger partial charge in [0, 0.05) is 0 Å². The van der Waals surface area contributed by atoms with Crippen molar-refractivity contribution < 1.29 is 23.9 Å². The highest BCUT2D eigenvalue weighted by atomic mass is 16.5. The summed E-state index contributed by atoms with van der Waals surface area (Å²) in [7, 11) is 0. The van der Waals surface area contributed by atoms with Crippen LogP contribution in [-0.4, -0.2) is 35.4 Å². The van der Waals surface area contributed by atoms with E-state index in [1.807, 2.05) is 12.2 Å². The lowest BCUT2D eigenvalue weighted by Gasteiger charge is -2.22. The monoisotopic (exact) mass is 371 g/mol. The van der Waals surface area contributed by atoms with E-state index in [-0.39, 0.29) is 5.92 Å². The molecule has 0 saturated carbocycles. The van der Waals surface area contributed by atoms with Gasteiger partial charge in [-0.15, -0.1) is 0 Å². The number of allylic oxidation sites excluding steroid dienone is 2. The van der Waals surface area contributed by atoms with Crippen LogP contribution >= 0.6 is 0 Å². The molecular weight excluding hydrogens is 350 g/mol. The van der Waals surface area contributed by atoms with Crippen LogP contribution in [0.15, 0.2) is 42.5 Å². The number of nitrogens with zero attached hydrogens (tertiary/aromatic N) is 1. The fraction of sp³-hybridized carbons (Fsp3) is 0.368. The molecule has 1 aromatic carbocycles. The number of nitrogens with one attached hydrogen (secondary N) is 2. The molecule has 1 aliphatic carbocycles. The van der Waals surface area contributed by atoms with Crippen LogP contribution in [0.2, 0.25) is 0 Å². The minimum Gasteiger partial charge on any atom is -0.455 e. The molecule has 0 bridgehead atoms. The minimum absolute atomic E-state index is 0.263. The highest BCUT2D eigenvalue weighted by Gasteiger charge is 2.50. The number of amides is 4. The van der Waals surface area contributed by atoms with Crippen LogP contribution in [0.5, 0.6) is 0 Å². The van der Waals surface area contributed by atoms with Gasteiger partial charge in [0.15, 0.2) is 6.61 Å². The number of imide groups is 1. The maximum atomic E-state index is 12.7. The van der Waals surface area contributed by atoms with Crippen molar-refractivity contribution in [3.05, 3.63) is 48.0 Å². The van der Waals surface area contributed by atoms with Gasteiger partial charge < -0.3 is 10.1 Å². The fourth-order valence-electron chi connectivity index (χ4n) is 3.13. The Kier molecular flexibility index (Phi) is 5.25. The zero-order valence-corrected chi connectivity index (χ0v) is 14.9. The second-order valence-electron chi connectivity index (χ2n) is 6.69. The molecule has 3 rings (SSSR count). The van der Waals surface area contributed by atoms with Gasteiger partial charge in [0.1, 0.15) is 5.54 Å². The number of ether oxygens (including phenoxy) is 1. The second kappa shape index (κ2) is 7.61. The zero-order valence-electron chi connectivity index (χ0n) is 14.9. The maximum Gasteiger partial charge on any atom is 0.344 e. The summed E-state index contributed by atoms with van der Waals surface area (Å²) >= 11 is 0. The van der Waals surface area contributed by atoms with Gasteiger partial charge in [-0.1, -0.05) is 42.5 Å². The SMILES string of the molecule is C[C@@]1(c2ccccc2)NC(=O)N(NC(=O)COC(=O)[C@@H]2CC=CCC2)C1=O. The number of carbonyl (C=O) groups excluding carboxylic acids is 4. The molecule has 142 valence electrons. The highest BCUT2D eigenvalue weighted by Crippen LogP contribution is 2.27. The Labute approximate surface area is 156 Å². The first-order valence-electron chi connectivity index (χ1n) is 8.75. The summed E-state index contributed by atoms with van der Waals surface area (Å²) in [4.78, 5) is 48.8. The quantitative estimate of drug-likeness (QED) is 0.462. The Morgan fingerprint density at radius 2 is 2.00 bits per heavy atom. The molecule has 0 spiro atoms. The molecule has 0 radical (unpaired) electrons. The van der Waals surface area contributed by atoms with Crippen LogP contribution in [-0.2, 0) is 24.7 Å². The average molecular weight is 371 g/mol. The van der Waals surface area contributed by atoms with Crippen molar-refractivity contribution in [2.45, 2.75) is 31.7 Å². The summed E-state index contributed by atoms with van der Waals surface area (Å²) in [6, 6.07) is 7.98. The third kappa shape index (κ3) is 3.84. The molecule has 8 heteroatoms. The maximum absolute atomic E-state index is 12.7. The molecule has 2 atom stereocenters. The number of urea groups is 1. The first-order valence-corrected chi connectivity index (χ1v) is 8.75. The molecule has 27 heavy (non-hydrogen) atoms. The summed E-state index contributed by atoms with van der Waals surface area (Å²) in [5.41, 5.74) is 1.52. The highest BCUT2D eigenvalue weighted by molar-refractivity contribution is 6.08. The van der Waals surface area contributed by atoms with Gasteiger partial charge in [-0.3, -0.25) is 19.8 Å². The number of benzene rings is 1. The van der Waals surface area contributed by atoms with E-state index in [1.54, 1.807) is 37.3 Å². The van der Waals surface area contributed by atoms with Crippen molar-refractivity contribution in [2.75, 3.05) is 6.61 Å². The van der Waals surface area contributed by atoms with Crippen molar-refractivity contribution in [1.82, 2.24) is 15.8 Å². The third-order valence-electron chi connectivity index (χ3n) is 4.73. The lowest BCUT2D eigenvalue weighted by atomic mass is 9.92. The summed E-state index contributed by atoms with van der Waals surface area (Å²) in [5, 5.41) is 3.19. The first kappa shape index (κ1) is 18.6. The molecule has 1 saturated heterocycles. The van der Waals surface area contributed by atoms with E-state index in [4.69, 9.17) is 4.74 Å². The largest absolute Gasteiger partial charge is 0.455 e. The van der Waals surface area contributed by atoms with Crippen LogP contribution in [0, 0.1) is 5.92 Å². The van der Waals surface area contributed by atoms with E-state index in [1.165, 1.54) is 0 Å². The third-order valence-corrected chi connectivity index (χ3v) is 4.73. The number of esters is 1. The Balaban J connectivity index is 1.58. The van der Waals surface area contributed by atoms with Crippen molar-refractivity contribution in [3.63, 3.8) is 0 Å². The fourth-order valence-corrected chi connectivity index (χ4v) is 3.13. The van der Waals surface area contributed by atoms with Gasteiger partial charge in [-0.2, -0.15) is 5.01 Å². The van der Waals surface area contributed by atoms with Gasteiger partial charge in [0.2, 0.25) is 0 Å². The predicted molar refractivity (Wildman–Crippen MR) is 94.8 cm³/mol. The Morgan fingerprint density at radius 1 is 1.26 bits per heavy atom. The summed E-state index contributed by atoms with van der Waals surface area (Å²) in [6.07, 6.45) is 5.97. The molecule has 8 nitrogen and oxygen atoms in total. The topological polar surface area (TPSA) is 105 Å². The molecular formula is C19H21N3O5. The van der Waals surface area contributed by atoms with Crippen LogP contribution < -0.4 is 10.7 Å². The van der Waals surface area contributed by atoms with Crippen LogP contribution in [0.1, 0.15) is 31.7 Å². The van der Waals surface area contributed by atoms with E-state index in [9.17, 15) is 19.2 Å². The summed E-state index contributed by atoms with van der Waals surface area (Å²) in [5.74, 6) is -2.09. The van der Waals surface area contributed by atoms with E-state index in [2.05, 4.69) is 10.7 Å². The van der Waals surface area contributed by atoms with Gasteiger partial charge in [0.05, 0.1) is 5.92 Å². The van der Waals surface area contributed by atoms with E-state index in [0.717, 1.165) is 6.42 Å². The normalized spacial score (nSPS) is 24.5. The molecule has 1 fully saturated rings. The molecule has 2 N–H and O–H groups in total. The lowest BCUT2D eigenvalue weighted by molar-refractivity contribution is -0.154. The first-order chi connectivity index (χ1) is 12.9. The van der Waals surface area contributed by atoms with Crippen molar-refractivity contribution in [2.24, 2.45) is 5.92 Å². The molecule has 1 heterocycles. The number of hydrogen-bond donors (Lipinski definition) is 2. The van der Waals surface area contributed by atoms with Crippen molar-refractivity contribution in [3.8, 4) is 0 Å². The zero-order chi connectivity index (χ0) is 19.4. The molecule has 2 aliphatic rings. The van der Waals surface area contributed by atoms with Crippen molar-refractivity contribution in [1.29, 1.82) is 0 Å². The summed E-state index contributed by atoms with van der Waals surface area (Å²) < 4.78 is 5.01. The second-order valence-corrected chi connectivity index (χ2v) is 6.69. The molecule has 4 amide bonds. The molecule has 0 unspecified atom stereocenters. The molecule has 1 aliphatic heterocycles. The van der Waals surface area contributed by atoms with Gasteiger partial charge >= 0.3 is 12.0 Å². The number of rotatable bonds is 5. The Bertz CT molecular complexity index is 792. The molecule has 1 aromatic rings. The van der Waals surface area contributed by atoms with E-state index in [0.29, 0.717) is 23.4 Å². The predicted octanol–water partition coefficient (Wildman–Crippen LogP) is 1.38. The summed E-state index contributed by atoms with van der Waals surface area (Å²) in [6.45, 7) is 1.00. The lowest BCUT2D eigenvalue weighted by Crippen LogP contribution is -2.49. The van der Waals surface area contributed by atoms with Crippen LogP contribution in [0.4, 0.5) is 4.79 Å². The Hall–Kier alpha value is -3.16. The van der Waals surface area contributed by atoms with Gasteiger partial charge in [0.25, 0.3) is 11.8 Å². The minimum atomic E-state index is -1.28. The number of hydrogen-bond acceptors (Lipinski definition) is 5.